The minimum absolute atomic E-state index is 0.0674. The molecule has 112 valence electrons. The maximum Gasteiger partial charge on any atom is 0.243 e. The van der Waals surface area contributed by atoms with E-state index < -0.39 is 10.0 Å². The monoisotopic (exact) mass is 300 g/mol. The third-order valence-electron chi connectivity index (χ3n) is 3.90. The minimum atomic E-state index is -3.54. The molecule has 0 heterocycles. The van der Waals surface area contributed by atoms with Gasteiger partial charge in [-0.25, -0.2) is 12.8 Å². The Labute approximate surface area is 120 Å². The molecule has 0 aromatic heterocycles. The Morgan fingerprint density at radius 3 is 2.60 bits per heavy atom. The summed E-state index contributed by atoms with van der Waals surface area (Å²) in [7, 11) is -0.224. The van der Waals surface area contributed by atoms with Crippen LogP contribution in [0.25, 0.3) is 0 Å². The third-order valence-corrected chi connectivity index (χ3v) is 5.81. The molecule has 20 heavy (non-hydrogen) atoms. The molecule has 0 radical (unpaired) electrons. The van der Waals surface area contributed by atoms with Gasteiger partial charge in [0, 0.05) is 25.2 Å². The van der Waals surface area contributed by atoms with Gasteiger partial charge in [0.05, 0.1) is 4.90 Å². The van der Waals surface area contributed by atoms with Crippen LogP contribution in [0.1, 0.15) is 31.2 Å². The first kappa shape index (κ1) is 15.4. The molecule has 0 aliphatic heterocycles. The molecule has 6 heteroatoms. The molecule has 2 rings (SSSR count). The second-order valence-electron chi connectivity index (χ2n) is 5.24. The smallest absolute Gasteiger partial charge is 0.243 e. The van der Waals surface area contributed by atoms with E-state index in [1.165, 1.54) is 22.5 Å². The standard InChI is InChI=1S/C14H21FN2O2S/c1-16-10-11-9-13(7-8-14(11)15)20(18,19)17(2)12-5-3-4-6-12/h7-9,12,16H,3-6,10H2,1-2H3. The molecule has 1 aliphatic rings. The summed E-state index contributed by atoms with van der Waals surface area (Å²) in [5.41, 5.74) is 0.369. The van der Waals surface area contributed by atoms with Crippen LogP contribution in [0.15, 0.2) is 23.1 Å². The van der Waals surface area contributed by atoms with Crippen LogP contribution >= 0.6 is 0 Å². The van der Waals surface area contributed by atoms with Crippen molar-refractivity contribution in [1.29, 1.82) is 0 Å². The van der Waals surface area contributed by atoms with E-state index in [1.807, 2.05) is 0 Å². The lowest BCUT2D eigenvalue weighted by Crippen LogP contribution is -2.35. The molecule has 0 saturated heterocycles. The van der Waals surface area contributed by atoms with Crippen LogP contribution in [-0.2, 0) is 16.6 Å². The van der Waals surface area contributed by atoms with Crippen LogP contribution in [0.4, 0.5) is 4.39 Å². The van der Waals surface area contributed by atoms with Crippen LogP contribution in [0.3, 0.4) is 0 Å². The Hall–Kier alpha value is -0.980. The third kappa shape index (κ3) is 3.02. The molecule has 1 saturated carbocycles. The zero-order chi connectivity index (χ0) is 14.8. The molecule has 0 atom stereocenters. The number of hydrogen-bond donors (Lipinski definition) is 1. The number of benzene rings is 1. The van der Waals surface area contributed by atoms with Gasteiger partial charge in [0.1, 0.15) is 5.82 Å². The Kier molecular flexibility index (Phi) is 4.78. The van der Waals surface area contributed by atoms with Gasteiger partial charge in [-0.15, -0.1) is 0 Å². The highest BCUT2D eigenvalue weighted by molar-refractivity contribution is 7.89. The molecule has 0 unspecified atom stereocenters. The summed E-state index contributed by atoms with van der Waals surface area (Å²) in [5.74, 6) is -0.387. The van der Waals surface area contributed by atoms with Crippen LogP contribution in [0.2, 0.25) is 0 Å². The summed E-state index contributed by atoms with van der Waals surface area (Å²) in [6.07, 6.45) is 3.94. The van der Waals surface area contributed by atoms with Gasteiger partial charge < -0.3 is 5.32 Å². The SMILES string of the molecule is CNCc1cc(S(=O)(=O)N(C)C2CCCC2)ccc1F. The molecule has 1 fully saturated rings. The van der Waals surface area contributed by atoms with E-state index >= 15 is 0 Å². The quantitative estimate of drug-likeness (QED) is 0.906. The van der Waals surface area contributed by atoms with Crippen molar-refractivity contribution in [2.45, 2.75) is 43.2 Å². The Morgan fingerprint density at radius 1 is 1.35 bits per heavy atom. The topological polar surface area (TPSA) is 49.4 Å². The van der Waals surface area contributed by atoms with Crippen molar-refractivity contribution in [3.05, 3.63) is 29.6 Å². The van der Waals surface area contributed by atoms with Gasteiger partial charge in [0.2, 0.25) is 10.0 Å². The molecule has 1 aromatic rings. The second kappa shape index (κ2) is 6.20. The fraction of sp³-hybridized carbons (Fsp3) is 0.571. The van der Waals surface area contributed by atoms with E-state index in [-0.39, 0.29) is 16.8 Å². The van der Waals surface area contributed by atoms with Crippen LogP contribution < -0.4 is 5.32 Å². The van der Waals surface area contributed by atoms with E-state index in [4.69, 9.17) is 0 Å². The van der Waals surface area contributed by atoms with Gasteiger partial charge in [-0.3, -0.25) is 0 Å². The van der Waals surface area contributed by atoms with E-state index in [1.54, 1.807) is 14.1 Å². The van der Waals surface area contributed by atoms with E-state index in [0.717, 1.165) is 25.7 Å². The lowest BCUT2D eigenvalue weighted by Gasteiger charge is -2.24. The first-order valence-corrected chi connectivity index (χ1v) is 8.32. The van der Waals surface area contributed by atoms with Gasteiger partial charge in [-0.2, -0.15) is 4.31 Å². The molecular weight excluding hydrogens is 279 g/mol. The Balaban J connectivity index is 2.31. The fourth-order valence-electron chi connectivity index (χ4n) is 2.67. The molecule has 0 bridgehead atoms. The van der Waals surface area contributed by atoms with Crippen LogP contribution in [-0.4, -0.2) is 32.9 Å². The van der Waals surface area contributed by atoms with Gasteiger partial charge in [-0.1, -0.05) is 12.8 Å². The number of hydrogen-bond acceptors (Lipinski definition) is 3. The molecule has 0 amide bonds. The molecule has 4 nitrogen and oxygen atoms in total. The Morgan fingerprint density at radius 2 is 2.00 bits per heavy atom. The van der Waals surface area contributed by atoms with Crippen molar-refractivity contribution in [1.82, 2.24) is 9.62 Å². The van der Waals surface area contributed by atoms with Crippen molar-refractivity contribution in [2.24, 2.45) is 0 Å². The molecule has 0 spiro atoms. The maximum atomic E-state index is 13.6. The predicted octanol–water partition coefficient (Wildman–Crippen LogP) is 2.11. The van der Waals surface area contributed by atoms with Gasteiger partial charge >= 0.3 is 0 Å². The van der Waals surface area contributed by atoms with Crippen molar-refractivity contribution in [3.63, 3.8) is 0 Å². The first-order valence-electron chi connectivity index (χ1n) is 6.88. The summed E-state index contributed by atoms with van der Waals surface area (Å²) >= 11 is 0. The highest BCUT2D eigenvalue weighted by atomic mass is 32.2. The normalized spacial score (nSPS) is 17.0. The average molecular weight is 300 g/mol. The number of rotatable bonds is 5. The molecule has 1 aliphatic carbocycles. The predicted molar refractivity (Wildman–Crippen MR) is 76.4 cm³/mol. The largest absolute Gasteiger partial charge is 0.316 e. The second-order valence-corrected chi connectivity index (χ2v) is 7.24. The molecule has 1 aromatic carbocycles. The number of sulfonamides is 1. The van der Waals surface area contributed by atoms with Crippen molar-refractivity contribution < 1.29 is 12.8 Å². The minimum Gasteiger partial charge on any atom is -0.316 e. The Bertz CT molecular complexity index is 569. The van der Waals surface area contributed by atoms with Gasteiger partial charge in [0.15, 0.2) is 0 Å². The summed E-state index contributed by atoms with van der Waals surface area (Å²) < 4.78 is 40.2. The summed E-state index contributed by atoms with van der Waals surface area (Å²) in [5, 5.41) is 2.84. The van der Waals surface area contributed by atoms with E-state index in [2.05, 4.69) is 5.32 Å². The summed E-state index contributed by atoms with van der Waals surface area (Å²) in [6, 6.07) is 4.06. The average Bonchev–Trinajstić information content (AvgIpc) is 2.94. The lowest BCUT2D eigenvalue weighted by atomic mass is 10.2. The van der Waals surface area contributed by atoms with Gasteiger partial charge in [-0.05, 0) is 38.1 Å². The van der Waals surface area contributed by atoms with Crippen molar-refractivity contribution in [2.75, 3.05) is 14.1 Å². The zero-order valence-electron chi connectivity index (χ0n) is 11.9. The maximum absolute atomic E-state index is 13.6. The molecular formula is C14H21FN2O2S. The number of nitrogens with one attached hydrogen (secondary N) is 1. The zero-order valence-corrected chi connectivity index (χ0v) is 12.7. The summed E-state index contributed by atoms with van der Waals surface area (Å²) in [4.78, 5) is 0.165. The first-order chi connectivity index (χ1) is 9.46. The van der Waals surface area contributed by atoms with E-state index in [9.17, 15) is 12.8 Å². The number of nitrogens with zero attached hydrogens (tertiary/aromatic N) is 1. The van der Waals surface area contributed by atoms with Crippen LogP contribution in [0, 0.1) is 5.82 Å². The van der Waals surface area contributed by atoms with E-state index in [0.29, 0.717) is 12.1 Å². The van der Waals surface area contributed by atoms with Gasteiger partial charge in [0.25, 0.3) is 0 Å². The lowest BCUT2D eigenvalue weighted by molar-refractivity contribution is 0.373. The number of halogens is 1. The molecule has 1 N–H and O–H groups in total. The fourth-order valence-corrected chi connectivity index (χ4v) is 4.13. The van der Waals surface area contributed by atoms with Crippen molar-refractivity contribution in [3.8, 4) is 0 Å². The highest BCUT2D eigenvalue weighted by Gasteiger charge is 2.30. The van der Waals surface area contributed by atoms with Crippen LogP contribution in [0.5, 0.6) is 0 Å². The van der Waals surface area contributed by atoms with Crippen molar-refractivity contribution >= 4 is 10.0 Å². The summed E-state index contributed by atoms with van der Waals surface area (Å²) in [6.45, 7) is 0.308. The highest BCUT2D eigenvalue weighted by Crippen LogP contribution is 2.27.